The Morgan fingerprint density at radius 1 is 1.41 bits per heavy atom. The van der Waals surface area contributed by atoms with E-state index < -0.39 is 5.97 Å². The Bertz CT molecular complexity index is 412. The first kappa shape index (κ1) is 12.1. The van der Waals surface area contributed by atoms with E-state index in [2.05, 4.69) is 10.2 Å². The van der Waals surface area contributed by atoms with Gasteiger partial charge in [-0.1, -0.05) is 12.1 Å². The molecular formula is C13H18N2O2. The van der Waals surface area contributed by atoms with E-state index in [9.17, 15) is 4.79 Å². The van der Waals surface area contributed by atoms with Crippen LogP contribution in [0.15, 0.2) is 18.2 Å². The average Bonchev–Trinajstić information content (AvgIpc) is 2.30. The predicted octanol–water partition coefficient (Wildman–Crippen LogP) is 1.10. The van der Waals surface area contributed by atoms with Gasteiger partial charge in [0.25, 0.3) is 0 Å². The fourth-order valence-electron chi connectivity index (χ4n) is 2.19. The molecule has 0 saturated carbocycles. The van der Waals surface area contributed by atoms with Crippen molar-refractivity contribution in [3.63, 3.8) is 0 Å². The monoisotopic (exact) mass is 234 g/mol. The second-order valence-electron chi connectivity index (χ2n) is 4.48. The van der Waals surface area contributed by atoms with Crippen molar-refractivity contribution in [2.75, 3.05) is 26.2 Å². The van der Waals surface area contributed by atoms with Crippen LogP contribution in [-0.4, -0.2) is 42.2 Å². The van der Waals surface area contributed by atoms with Gasteiger partial charge in [0.1, 0.15) is 0 Å². The zero-order valence-corrected chi connectivity index (χ0v) is 10.1. The highest BCUT2D eigenvalue weighted by atomic mass is 16.4. The molecule has 0 aromatic heterocycles. The van der Waals surface area contributed by atoms with E-state index in [0.29, 0.717) is 5.56 Å². The van der Waals surface area contributed by atoms with Crippen molar-refractivity contribution < 1.29 is 9.90 Å². The second-order valence-corrected chi connectivity index (χ2v) is 4.48. The highest BCUT2D eigenvalue weighted by Crippen LogP contribution is 2.13. The van der Waals surface area contributed by atoms with E-state index in [1.807, 2.05) is 19.1 Å². The summed E-state index contributed by atoms with van der Waals surface area (Å²) in [5.74, 6) is -0.851. The number of nitrogens with zero attached hydrogens (tertiary/aromatic N) is 1. The lowest BCUT2D eigenvalue weighted by atomic mass is 10.0. The summed E-state index contributed by atoms with van der Waals surface area (Å²) < 4.78 is 0. The van der Waals surface area contributed by atoms with Crippen molar-refractivity contribution in [1.29, 1.82) is 0 Å². The molecule has 1 aromatic carbocycles. The molecule has 92 valence electrons. The highest BCUT2D eigenvalue weighted by molar-refractivity contribution is 5.89. The van der Waals surface area contributed by atoms with Gasteiger partial charge in [-0.25, -0.2) is 4.79 Å². The number of carboxylic acid groups (broad SMARTS) is 1. The number of hydrogen-bond acceptors (Lipinski definition) is 3. The quantitative estimate of drug-likeness (QED) is 0.822. The molecule has 1 heterocycles. The summed E-state index contributed by atoms with van der Waals surface area (Å²) in [6, 6.07) is 5.60. The normalized spacial score (nSPS) is 17.0. The molecule has 0 amide bonds. The third kappa shape index (κ3) is 3.05. The van der Waals surface area contributed by atoms with Crippen molar-refractivity contribution in [3.05, 3.63) is 34.9 Å². The lowest BCUT2D eigenvalue weighted by molar-refractivity contribution is 0.0696. The van der Waals surface area contributed by atoms with Gasteiger partial charge in [0.05, 0.1) is 5.56 Å². The largest absolute Gasteiger partial charge is 0.478 e. The highest BCUT2D eigenvalue weighted by Gasteiger charge is 2.11. The molecule has 0 radical (unpaired) electrons. The van der Waals surface area contributed by atoms with Crippen LogP contribution in [0.1, 0.15) is 21.5 Å². The molecule has 4 heteroatoms. The number of hydrogen-bond donors (Lipinski definition) is 2. The number of benzene rings is 1. The van der Waals surface area contributed by atoms with Gasteiger partial charge in [0.15, 0.2) is 0 Å². The number of carboxylic acids is 1. The maximum atomic E-state index is 10.9. The third-order valence-electron chi connectivity index (χ3n) is 3.14. The third-order valence-corrected chi connectivity index (χ3v) is 3.14. The molecule has 0 aliphatic carbocycles. The van der Waals surface area contributed by atoms with E-state index in [1.165, 1.54) is 5.56 Å². The minimum absolute atomic E-state index is 0.397. The van der Waals surface area contributed by atoms with Crippen LogP contribution in [0, 0.1) is 6.92 Å². The molecule has 1 saturated heterocycles. The van der Waals surface area contributed by atoms with E-state index in [-0.39, 0.29) is 0 Å². The Balaban J connectivity index is 2.06. The zero-order chi connectivity index (χ0) is 12.3. The summed E-state index contributed by atoms with van der Waals surface area (Å²) in [6.45, 7) is 6.94. The lowest BCUT2D eigenvalue weighted by Crippen LogP contribution is -2.42. The number of aryl methyl sites for hydroxylation is 1. The molecule has 0 bridgehead atoms. The fourth-order valence-corrected chi connectivity index (χ4v) is 2.19. The molecular weight excluding hydrogens is 216 g/mol. The van der Waals surface area contributed by atoms with Crippen LogP contribution in [-0.2, 0) is 6.54 Å². The second kappa shape index (κ2) is 5.29. The van der Waals surface area contributed by atoms with Crippen LogP contribution in [0.5, 0.6) is 0 Å². The van der Waals surface area contributed by atoms with Gasteiger partial charge in [0.2, 0.25) is 0 Å². The number of carbonyl (C=O) groups is 1. The van der Waals surface area contributed by atoms with Crippen molar-refractivity contribution in [1.82, 2.24) is 10.2 Å². The van der Waals surface area contributed by atoms with Crippen LogP contribution in [0.25, 0.3) is 0 Å². The molecule has 1 aliphatic heterocycles. The summed E-state index contributed by atoms with van der Waals surface area (Å²) in [5, 5.41) is 12.3. The molecule has 4 nitrogen and oxygen atoms in total. The van der Waals surface area contributed by atoms with E-state index in [0.717, 1.165) is 38.3 Å². The van der Waals surface area contributed by atoms with Crippen molar-refractivity contribution in [3.8, 4) is 0 Å². The Kier molecular flexibility index (Phi) is 3.76. The van der Waals surface area contributed by atoms with Crippen LogP contribution >= 0.6 is 0 Å². The van der Waals surface area contributed by atoms with Crippen molar-refractivity contribution in [2.45, 2.75) is 13.5 Å². The van der Waals surface area contributed by atoms with Gasteiger partial charge in [-0.2, -0.15) is 0 Å². The Morgan fingerprint density at radius 3 is 2.71 bits per heavy atom. The maximum Gasteiger partial charge on any atom is 0.335 e. The van der Waals surface area contributed by atoms with Crippen LogP contribution in [0.4, 0.5) is 0 Å². The first-order valence-corrected chi connectivity index (χ1v) is 5.93. The molecule has 1 aromatic rings. The van der Waals surface area contributed by atoms with E-state index in [4.69, 9.17) is 5.11 Å². The Hall–Kier alpha value is -1.39. The molecule has 17 heavy (non-hydrogen) atoms. The maximum absolute atomic E-state index is 10.9. The Morgan fingerprint density at radius 2 is 2.12 bits per heavy atom. The van der Waals surface area contributed by atoms with Gasteiger partial charge < -0.3 is 10.4 Å². The van der Waals surface area contributed by atoms with Gasteiger partial charge in [-0.3, -0.25) is 4.90 Å². The molecule has 2 rings (SSSR count). The molecule has 2 N–H and O–H groups in total. The average molecular weight is 234 g/mol. The first-order chi connectivity index (χ1) is 8.16. The van der Waals surface area contributed by atoms with Gasteiger partial charge in [-0.15, -0.1) is 0 Å². The summed E-state index contributed by atoms with van der Waals surface area (Å²) in [5.41, 5.74) is 2.42. The van der Waals surface area contributed by atoms with Crippen LogP contribution < -0.4 is 5.32 Å². The summed E-state index contributed by atoms with van der Waals surface area (Å²) >= 11 is 0. The van der Waals surface area contributed by atoms with Gasteiger partial charge in [0, 0.05) is 32.7 Å². The van der Waals surface area contributed by atoms with E-state index in [1.54, 1.807) is 6.07 Å². The van der Waals surface area contributed by atoms with Crippen LogP contribution in [0.3, 0.4) is 0 Å². The summed E-state index contributed by atoms with van der Waals surface area (Å²) in [4.78, 5) is 13.3. The number of nitrogens with one attached hydrogen (secondary N) is 1. The fraction of sp³-hybridized carbons (Fsp3) is 0.462. The predicted molar refractivity (Wildman–Crippen MR) is 66.3 cm³/mol. The van der Waals surface area contributed by atoms with Crippen molar-refractivity contribution in [2.24, 2.45) is 0 Å². The Labute approximate surface area is 101 Å². The smallest absolute Gasteiger partial charge is 0.335 e. The first-order valence-electron chi connectivity index (χ1n) is 5.93. The van der Waals surface area contributed by atoms with E-state index >= 15 is 0 Å². The number of piperazine rings is 1. The van der Waals surface area contributed by atoms with Gasteiger partial charge in [-0.05, 0) is 24.1 Å². The minimum Gasteiger partial charge on any atom is -0.478 e. The minimum atomic E-state index is -0.851. The number of aromatic carboxylic acids is 1. The topological polar surface area (TPSA) is 52.6 Å². The molecule has 0 spiro atoms. The van der Waals surface area contributed by atoms with Crippen LogP contribution in [0.2, 0.25) is 0 Å². The summed E-state index contributed by atoms with van der Waals surface area (Å²) in [6.07, 6.45) is 0. The summed E-state index contributed by atoms with van der Waals surface area (Å²) in [7, 11) is 0. The van der Waals surface area contributed by atoms with Gasteiger partial charge >= 0.3 is 5.97 Å². The SMILES string of the molecule is Cc1cc(CN2CCNCC2)ccc1C(=O)O. The zero-order valence-electron chi connectivity index (χ0n) is 10.1. The molecule has 1 fully saturated rings. The standard InChI is InChI=1S/C13H18N2O2/c1-10-8-11(2-3-12(10)13(16)17)9-15-6-4-14-5-7-15/h2-3,8,14H,4-7,9H2,1H3,(H,16,17). The van der Waals surface area contributed by atoms with Crippen molar-refractivity contribution >= 4 is 5.97 Å². The number of rotatable bonds is 3. The molecule has 1 aliphatic rings. The molecule has 0 unspecified atom stereocenters. The lowest BCUT2D eigenvalue weighted by Gasteiger charge is -2.27. The molecule has 0 atom stereocenters.